The summed E-state index contributed by atoms with van der Waals surface area (Å²) in [6.07, 6.45) is 4.05. The predicted molar refractivity (Wildman–Crippen MR) is 116 cm³/mol. The van der Waals surface area contributed by atoms with Crippen LogP contribution in [-0.4, -0.2) is 46.6 Å². The number of phenols is 2. The molecule has 3 N–H and O–H groups in total. The first-order valence-corrected chi connectivity index (χ1v) is 11.0. The molecule has 0 radical (unpaired) electrons. The zero-order valence-corrected chi connectivity index (χ0v) is 17.6. The number of rotatable bonds is 4. The van der Waals surface area contributed by atoms with Crippen molar-refractivity contribution >= 4 is 49.0 Å². The number of hydrogen-bond acceptors (Lipinski definition) is 6. The Labute approximate surface area is 177 Å². The van der Waals surface area contributed by atoms with E-state index in [4.69, 9.17) is 11.6 Å². The normalized spacial score (nSPS) is 12.0. The number of phenolic OH excluding ortho intramolecular Hbond substituents is 2. The van der Waals surface area contributed by atoms with Crippen LogP contribution in [0.4, 0.5) is 5.69 Å². The van der Waals surface area contributed by atoms with E-state index in [1.54, 1.807) is 18.2 Å². The smallest absolute Gasteiger partial charge is 0.232 e. The van der Waals surface area contributed by atoms with E-state index >= 15 is 0 Å². The van der Waals surface area contributed by atoms with Crippen molar-refractivity contribution in [2.45, 2.75) is 6.54 Å². The number of fused-ring (bicyclic) bond motifs is 2. The molecule has 0 bridgehead atoms. The van der Waals surface area contributed by atoms with Gasteiger partial charge in [-0.2, -0.15) is 0 Å². The van der Waals surface area contributed by atoms with Crippen molar-refractivity contribution in [3.8, 4) is 17.4 Å². The number of nitrogens with zero attached hydrogens (tertiary/aromatic N) is 3. The van der Waals surface area contributed by atoms with Gasteiger partial charge in [0.05, 0.1) is 23.9 Å². The number of pyridine rings is 1. The van der Waals surface area contributed by atoms with Gasteiger partial charge in [-0.1, -0.05) is 11.6 Å². The molecule has 2 aromatic heterocycles. The van der Waals surface area contributed by atoms with E-state index in [0.717, 1.165) is 10.6 Å². The molecule has 0 atom stereocenters. The average Bonchev–Trinajstić information content (AvgIpc) is 3.00. The second kappa shape index (κ2) is 6.96. The summed E-state index contributed by atoms with van der Waals surface area (Å²) in [7, 11) is -2.26. The molecule has 0 aliphatic carbocycles. The van der Waals surface area contributed by atoms with Gasteiger partial charge in [-0.15, -0.1) is 0 Å². The van der Waals surface area contributed by atoms with Gasteiger partial charge in [0.25, 0.3) is 0 Å². The van der Waals surface area contributed by atoms with E-state index in [-0.39, 0.29) is 40.5 Å². The van der Waals surface area contributed by atoms with Crippen molar-refractivity contribution in [3.63, 3.8) is 0 Å². The van der Waals surface area contributed by atoms with E-state index in [0.29, 0.717) is 21.4 Å². The lowest BCUT2D eigenvalue weighted by Gasteiger charge is -2.20. The van der Waals surface area contributed by atoms with Crippen molar-refractivity contribution in [1.29, 1.82) is 0 Å². The molecule has 0 saturated carbocycles. The molecule has 0 fully saturated rings. The molecule has 2 aromatic carbocycles. The summed E-state index contributed by atoms with van der Waals surface area (Å²) in [4.78, 5) is 4.17. The summed E-state index contributed by atoms with van der Waals surface area (Å²) < 4.78 is 27.1. The minimum atomic E-state index is -3.65. The SMILES string of the molecule is CN(c1c2cccnc2c(O)c2c(O)n(Cc3cc(Cl)ccc3O)cc12)S(C)(=O)=O. The number of aromatic hydroxyl groups is 3. The average molecular weight is 448 g/mol. The third-order valence-corrected chi connectivity index (χ3v) is 6.44. The van der Waals surface area contributed by atoms with Crippen LogP contribution in [0.5, 0.6) is 17.4 Å². The third-order valence-electron chi connectivity index (χ3n) is 5.02. The van der Waals surface area contributed by atoms with Crippen molar-refractivity contribution in [3.05, 3.63) is 53.3 Å². The van der Waals surface area contributed by atoms with Crippen LogP contribution in [-0.2, 0) is 16.6 Å². The number of sulfonamides is 1. The fourth-order valence-electron chi connectivity index (χ4n) is 3.50. The van der Waals surface area contributed by atoms with Crippen LogP contribution in [0.1, 0.15) is 5.56 Å². The van der Waals surface area contributed by atoms with Crippen LogP contribution in [0.2, 0.25) is 5.02 Å². The van der Waals surface area contributed by atoms with E-state index in [1.165, 1.54) is 36.1 Å². The van der Waals surface area contributed by atoms with Crippen LogP contribution in [0, 0.1) is 0 Å². The van der Waals surface area contributed by atoms with Crippen LogP contribution >= 0.6 is 11.6 Å². The molecular formula is C20H18ClN3O5S. The highest BCUT2D eigenvalue weighted by molar-refractivity contribution is 7.92. The van der Waals surface area contributed by atoms with E-state index in [2.05, 4.69) is 4.98 Å². The molecule has 0 unspecified atom stereocenters. The number of anilines is 1. The lowest BCUT2D eigenvalue weighted by Crippen LogP contribution is -2.25. The molecular weight excluding hydrogens is 430 g/mol. The molecule has 2 heterocycles. The Balaban J connectivity index is 2.05. The van der Waals surface area contributed by atoms with Gasteiger partial charge < -0.3 is 19.9 Å². The fraction of sp³-hybridized carbons (Fsp3) is 0.150. The summed E-state index contributed by atoms with van der Waals surface area (Å²) in [6, 6.07) is 7.82. The predicted octanol–water partition coefficient (Wildman–Crippen LogP) is 3.40. The van der Waals surface area contributed by atoms with E-state index < -0.39 is 10.0 Å². The highest BCUT2D eigenvalue weighted by Gasteiger charge is 2.26. The largest absolute Gasteiger partial charge is 0.508 e. The minimum Gasteiger partial charge on any atom is -0.508 e. The molecule has 8 nitrogen and oxygen atoms in total. The Morgan fingerprint density at radius 3 is 2.60 bits per heavy atom. The highest BCUT2D eigenvalue weighted by Crippen LogP contribution is 2.46. The molecule has 30 heavy (non-hydrogen) atoms. The van der Waals surface area contributed by atoms with Crippen LogP contribution < -0.4 is 4.31 Å². The van der Waals surface area contributed by atoms with Crippen LogP contribution in [0.15, 0.2) is 42.7 Å². The first-order chi connectivity index (χ1) is 14.1. The summed E-state index contributed by atoms with van der Waals surface area (Å²) in [6.45, 7) is 0.0398. The van der Waals surface area contributed by atoms with Crippen molar-refractivity contribution in [2.75, 3.05) is 17.6 Å². The molecule has 156 valence electrons. The monoisotopic (exact) mass is 447 g/mol. The maximum absolute atomic E-state index is 12.3. The fourth-order valence-corrected chi connectivity index (χ4v) is 4.22. The van der Waals surface area contributed by atoms with Gasteiger partial charge in [0.1, 0.15) is 11.3 Å². The second-order valence-corrected chi connectivity index (χ2v) is 9.42. The van der Waals surface area contributed by atoms with Gasteiger partial charge >= 0.3 is 0 Å². The standard InChI is InChI=1S/C20H18ClN3O5S/c1-23(30(2,28)29)18-13-4-3-7-22-17(13)19(26)16-14(18)10-24(20(16)27)9-11-8-12(21)5-6-15(11)25/h3-8,10,25-27H,9H2,1-2H3. The Morgan fingerprint density at radius 2 is 1.90 bits per heavy atom. The summed E-state index contributed by atoms with van der Waals surface area (Å²) in [5.74, 6) is -0.573. The topological polar surface area (TPSA) is 116 Å². The number of hydrogen-bond donors (Lipinski definition) is 3. The Bertz CT molecular complexity index is 1420. The first-order valence-electron chi connectivity index (χ1n) is 8.82. The first kappa shape index (κ1) is 20.1. The third kappa shape index (κ3) is 3.16. The zero-order valence-electron chi connectivity index (χ0n) is 16.0. The number of benzene rings is 2. The lowest BCUT2D eigenvalue weighted by atomic mass is 10.1. The Morgan fingerprint density at radius 1 is 1.17 bits per heavy atom. The molecule has 10 heteroatoms. The van der Waals surface area contributed by atoms with E-state index in [1.807, 2.05) is 0 Å². The van der Waals surface area contributed by atoms with Gasteiger partial charge in [0.15, 0.2) is 5.75 Å². The second-order valence-electron chi connectivity index (χ2n) is 6.97. The summed E-state index contributed by atoms with van der Waals surface area (Å²) in [5.41, 5.74) is 0.880. The van der Waals surface area contributed by atoms with Gasteiger partial charge in [-0.3, -0.25) is 9.29 Å². The Kier molecular flexibility index (Phi) is 4.67. The van der Waals surface area contributed by atoms with Crippen molar-refractivity contribution in [2.24, 2.45) is 0 Å². The minimum absolute atomic E-state index is 0.0129. The number of halogens is 1. The highest BCUT2D eigenvalue weighted by atomic mass is 35.5. The molecule has 4 aromatic rings. The van der Waals surface area contributed by atoms with Crippen molar-refractivity contribution in [1.82, 2.24) is 9.55 Å². The zero-order chi connectivity index (χ0) is 21.8. The maximum Gasteiger partial charge on any atom is 0.232 e. The molecule has 0 spiro atoms. The summed E-state index contributed by atoms with van der Waals surface area (Å²) in [5, 5.41) is 33.0. The molecule has 4 rings (SSSR count). The molecule has 0 amide bonds. The quantitative estimate of drug-likeness (QED) is 0.441. The van der Waals surface area contributed by atoms with Crippen LogP contribution in [0.25, 0.3) is 21.7 Å². The molecule has 0 aliphatic rings. The maximum atomic E-state index is 12.3. The van der Waals surface area contributed by atoms with Crippen LogP contribution in [0.3, 0.4) is 0 Å². The van der Waals surface area contributed by atoms with Crippen molar-refractivity contribution < 1.29 is 23.7 Å². The summed E-state index contributed by atoms with van der Waals surface area (Å²) >= 11 is 6.01. The van der Waals surface area contributed by atoms with Gasteiger partial charge in [-0.25, -0.2) is 8.42 Å². The number of aromatic nitrogens is 2. The van der Waals surface area contributed by atoms with E-state index in [9.17, 15) is 23.7 Å². The van der Waals surface area contributed by atoms with Gasteiger partial charge in [-0.05, 0) is 30.3 Å². The lowest BCUT2D eigenvalue weighted by molar-refractivity contribution is 0.421. The van der Waals surface area contributed by atoms with Gasteiger partial charge in [0.2, 0.25) is 15.9 Å². The molecule has 0 aliphatic heterocycles. The molecule has 0 saturated heterocycles. The Hall–Kier alpha value is -3.17. The van der Waals surface area contributed by atoms with Gasteiger partial charge in [0, 0.05) is 40.8 Å².